The van der Waals surface area contributed by atoms with E-state index in [4.69, 9.17) is 4.74 Å². The van der Waals surface area contributed by atoms with Crippen LogP contribution in [0.5, 0.6) is 0 Å². The van der Waals surface area contributed by atoms with Crippen molar-refractivity contribution in [3.8, 4) is 0 Å². The van der Waals surface area contributed by atoms with E-state index in [0.717, 1.165) is 18.9 Å². The second kappa shape index (κ2) is 5.50. The van der Waals surface area contributed by atoms with Crippen molar-refractivity contribution in [1.82, 2.24) is 0 Å². The molecule has 2 fully saturated rings. The van der Waals surface area contributed by atoms with Crippen LogP contribution in [0.2, 0.25) is 0 Å². The summed E-state index contributed by atoms with van der Waals surface area (Å²) in [4.78, 5) is 0. The zero-order valence-corrected chi connectivity index (χ0v) is 10.7. The number of hydrogen-bond donors (Lipinski definition) is 1. The Morgan fingerprint density at radius 3 is 2.69 bits per heavy atom. The van der Waals surface area contributed by atoms with E-state index in [0.29, 0.717) is 17.9 Å². The molecule has 5 atom stereocenters. The molecule has 94 valence electrons. The third-order valence-electron chi connectivity index (χ3n) is 4.64. The van der Waals surface area contributed by atoms with Gasteiger partial charge in [-0.05, 0) is 31.6 Å². The Morgan fingerprint density at radius 2 is 2.06 bits per heavy atom. The molecule has 0 aromatic carbocycles. The molecule has 0 spiro atoms. The van der Waals surface area contributed by atoms with Gasteiger partial charge in [-0.3, -0.25) is 0 Å². The smallest absolute Gasteiger partial charge is 0.0622 e. The molecule has 5 unspecified atom stereocenters. The number of hydrogen-bond acceptors (Lipinski definition) is 2. The number of aliphatic hydroxyl groups is 1. The summed E-state index contributed by atoms with van der Waals surface area (Å²) in [6, 6.07) is 0. The van der Waals surface area contributed by atoms with Gasteiger partial charge >= 0.3 is 0 Å². The number of aliphatic hydroxyl groups excluding tert-OH is 1. The first-order valence-corrected chi connectivity index (χ1v) is 7.02. The fourth-order valence-corrected chi connectivity index (χ4v) is 3.63. The van der Waals surface area contributed by atoms with Crippen molar-refractivity contribution in [2.75, 3.05) is 6.61 Å². The summed E-state index contributed by atoms with van der Waals surface area (Å²) in [6.07, 6.45) is 7.73. The molecule has 16 heavy (non-hydrogen) atoms. The third kappa shape index (κ3) is 2.60. The molecular weight excluding hydrogens is 200 g/mol. The van der Waals surface area contributed by atoms with Crippen molar-refractivity contribution >= 4 is 0 Å². The summed E-state index contributed by atoms with van der Waals surface area (Å²) in [7, 11) is 0. The van der Waals surface area contributed by atoms with Gasteiger partial charge in [-0.2, -0.15) is 0 Å². The Morgan fingerprint density at radius 1 is 1.31 bits per heavy atom. The van der Waals surface area contributed by atoms with Gasteiger partial charge in [0.1, 0.15) is 0 Å². The minimum absolute atomic E-state index is 0.116. The molecule has 0 amide bonds. The average Bonchev–Trinajstić information content (AvgIpc) is 2.75. The van der Waals surface area contributed by atoms with E-state index in [2.05, 4.69) is 13.8 Å². The summed E-state index contributed by atoms with van der Waals surface area (Å²) in [5.41, 5.74) is 0. The van der Waals surface area contributed by atoms with Gasteiger partial charge in [0.2, 0.25) is 0 Å². The van der Waals surface area contributed by atoms with Crippen molar-refractivity contribution in [1.29, 1.82) is 0 Å². The highest BCUT2D eigenvalue weighted by Crippen LogP contribution is 2.38. The van der Waals surface area contributed by atoms with Crippen LogP contribution in [0.4, 0.5) is 0 Å². The highest BCUT2D eigenvalue weighted by atomic mass is 16.5. The summed E-state index contributed by atoms with van der Waals surface area (Å²) in [6.45, 7) is 5.16. The van der Waals surface area contributed by atoms with Crippen LogP contribution in [-0.4, -0.2) is 23.9 Å². The first-order valence-electron chi connectivity index (χ1n) is 7.02. The lowest BCUT2D eigenvalue weighted by atomic mass is 9.72. The molecule has 0 aromatic rings. The molecule has 0 radical (unpaired) electrons. The third-order valence-corrected chi connectivity index (χ3v) is 4.64. The first-order chi connectivity index (χ1) is 7.72. The Kier molecular flexibility index (Phi) is 4.26. The predicted octanol–water partition coefficient (Wildman–Crippen LogP) is 2.99. The Labute approximate surface area is 99.4 Å². The summed E-state index contributed by atoms with van der Waals surface area (Å²) < 4.78 is 5.59. The van der Waals surface area contributed by atoms with Crippen LogP contribution in [0.3, 0.4) is 0 Å². The molecule has 2 aliphatic rings. The van der Waals surface area contributed by atoms with Crippen LogP contribution < -0.4 is 0 Å². The molecule has 1 heterocycles. The zero-order chi connectivity index (χ0) is 11.5. The van der Waals surface area contributed by atoms with Gasteiger partial charge in [-0.15, -0.1) is 0 Å². The maximum absolute atomic E-state index is 10.5. The van der Waals surface area contributed by atoms with E-state index in [9.17, 15) is 5.11 Å². The van der Waals surface area contributed by atoms with Crippen molar-refractivity contribution in [2.24, 2.45) is 17.8 Å². The van der Waals surface area contributed by atoms with Crippen LogP contribution in [0, 0.1) is 17.8 Å². The minimum atomic E-state index is -0.116. The lowest BCUT2D eigenvalue weighted by molar-refractivity contribution is -0.000387. The van der Waals surface area contributed by atoms with Crippen LogP contribution >= 0.6 is 0 Å². The van der Waals surface area contributed by atoms with E-state index in [1.165, 1.54) is 32.1 Å². The Bertz CT molecular complexity index is 217. The highest BCUT2D eigenvalue weighted by Gasteiger charge is 2.37. The van der Waals surface area contributed by atoms with Gasteiger partial charge in [-0.25, -0.2) is 0 Å². The Hall–Kier alpha value is -0.0800. The fraction of sp³-hybridized carbons (Fsp3) is 1.00. The number of rotatable bonds is 3. The van der Waals surface area contributed by atoms with Crippen LogP contribution in [0.25, 0.3) is 0 Å². The second-order valence-electron chi connectivity index (χ2n) is 5.75. The Balaban J connectivity index is 1.93. The molecule has 2 heteroatoms. The lowest BCUT2D eigenvalue weighted by Gasteiger charge is -2.36. The molecule has 0 aromatic heterocycles. The van der Waals surface area contributed by atoms with Gasteiger partial charge in [0.15, 0.2) is 0 Å². The summed E-state index contributed by atoms with van der Waals surface area (Å²) in [5.74, 6) is 1.68. The molecule has 1 saturated heterocycles. The SMILES string of the molecule is CCC1CCCCC1C(O)C1COC(C)C1. The maximum Gasteiger partial charge on any atom is 0.0622 e. The molecule has 1 saturated carbocycles. The van der Waals surface area contributed by atoms with Crippen LogP contribution in [0.1, 0.15) is 52.4 Å². The van der Waals surface area contributed by atoms with E-state index in [-0.39, 0.29) is 6.10 Å². The zero-order valence-electron chi connectivity index (χ0n) is 10.7. The molecule has 1 aliphatic carbocycles. The largest absolute Gasteiger partial charge is 0.392 e. The van der Waals surface area contributed by atoms with E-state index < -0.39 is 0 Å². The molecule has 0 bridgehead atoms. The van der Waals surface area contributed by atoms with Gasteiger partial charge in [-0.1, -0.05) is 32.6 Å². The van der Waals surface area contributed by atoms with E-state index in [1.54, 1.807) is 0 Å². The maximum atomic E-state index is 10.5. The molecular formula is C14H26O2. The summed E-state index contributed by atoms with van der Waals surface area (Å²) in [5, 5.41) is 10.5. The van der Waals surface area contributed by atoms with Gasteiger partial charge in [0.05, 0.1) is 18.8 Å². The predicted molar refractivity (Wildman–Crippen MR) is 65.3 cm³/mol. The van der Waals surface area contributed by atoms with Crippen molar-refractivity contribution < 1.29 is 9.84 Å². The minimum Gasteiger partial charge on any atom is -0.392 e. The quantitative estimate of drug-likeness (QED) is 0.801. The van der Waals surface area contributed by atoms with E-state index >= 15 is 0 Å². The standard InChI is InChI=1S/C14H26O2/c1-3-11-6-4-5-7-13(11)14(15)12-8-10(2)16-9-12/h10-15H,3-9H2,1-2H3. The van der Waals surface area contributed by atoms with Crippen LogP contribution in [-0.2, 0) is 4.74 Å². The lowest BCUT2D eigenvalue weighted by Crippen LogP contribution is -2.36. The van der Waals surface area contributed by atoms with Crippen LogP contribution in [0.15, 0.2) is 0 Å². The molecule has 2 nitrogen and oxygen atoms in total. The van der Waals surface area contributed by atoms with Gasteiger partial charge < -0.3 is 9.84 Å². The van der Waals surface area contributed by atoms with Crippen molar-refractivity contribution in [2.45, 2.75) is 64.6 Å². The highest BCUT2D eigenvalue weighted by molar-refractivity contribution is 4.86. The van der Waals surface area contributed by atoms with Crippen molar-refractivity contribution in [3.63, 3.8) is 0 Å². The topological polar surface area (TPSA) is 29.5 Å². The fourth-order valence-electron chi connectivity index (χ4n) is 3.63. The average molecular weight is 226 g/mol. The molecule has 1 aliphatic heterocycles. The van der Waals surface area contributed by atoms with Gasteiger partial charge in [0.25, 0.3) is 0 Å². The number of ether oxygens (including phenoxy) is 1. The first kappa shape index (κ1) is 12.4. The molecule has 1 N–H and O–H groups in total. The van der Waals surface area contributed by atoms with Gasteiger partial charge in [0, 0.05) is 5.92 Å². The second-order valence-corrected chi connectivity index (χ2v) is 5.75. The monoisotopic (exact) mass is 226 g/mol. The molecule has 2 rings (SSSR count). The van der Waals surface area contributed by atoms with Crippen molar-refractivity contribution in [3.05, 3.63) is 0 Å². The van der Waals surface area contributed by atoms with E-state index in [1.807, 2.05) is 0 Å². The normalized spacial score (nSPS) is 42.2. The summed E-state index contributed by atoms with van der Waals surface area (Å²) >= 11 is 0.